The summed E-state index contributed by atoms with van der Waals surface area (Å²) in [4.78, 5) is 10.8. The van der Waals surface area contributed by atoms with Crippen molar-refractivity contribution in [2.24, 2.45) is 0 Å². The van der Waals surface area contributed by atoms with Gasteiger partial charge in [-0.25, -0.2) is 4.79 Å². The molecule has 0 fully saturated rings. The van der Waals surface area contributed by atoms with Crippen LogP contribution in [0.2, 0.25) is 0 Å². The average Bonchev–Trinajstić information content (AvgIpc) is 2.25. The topological polar surface area (TPSA) is 66.8 Å². The van der Waals surface area contributed by atoms with Gasteiger partial charge in [0.25, 0.3) is 0 Å². The first-order valence-corrected chi connectivity index (χ1v) is 5.82. The summed E-state index contributed by atoms with van der Waals surface area (Å²) in [5, 5.41) is 18.8. The molecule has 0 aromatic heterocycles. The van der Waals surface area contributed by atoms with Crippen molar-refractivity contribution in [3.05, 3.63) is 35.4 Å². The molecule has 4 nitrogen and oxygen atoms in total. The zero-order chi connectivity index (χ0) is 14.0. The summed E-state index contributed by atoms with van der Waals surface area (Å²) in [6, 6.07) is 6.59. The summed E-state index contributed by atoms with van der Waals surface area (Å²) in [6.45, 7) is 7.22. The highest BCUT2D eigenvalue weighted by molar-refractivity contribution is 5.87. The van der Waals surface area contributed by atoms with Gasteiger partial charge >= 0.3 is 5.97 Å². The monoisotopic (exact) mass is 252 g/mol. The van der Waals surface area contributed by atoms with E-state index in [2.05, 4.69) is 0 Å². The van der Waals surface area contributed by atoms with Crippen LogP contribution in [-0.2, 0) is 11.3 Å². The van der Waals surface area contributed by atoms with Gasteiger partial charge in [0, 0.05) is 0 Å². The lowest BCUT2D eigenvalue weighted by atomic mass is 9.89. The van der Waals surface area contributed by atoms with Gasteiger partial charge in [-0.2, -0.15) is 0 Å². The highest BCUT2D eigenvalue weighted by Crippen LogP contribution is 2.26. The molecule has 0 aliphatic rings. The largest absolute Gasteiger partial charge is 0.478 e. The van der Waals surface area contributed by atoms with Gasteiger partial charge in [0.2, 0.25) is 0 Å². The van der Waals surface area contributed by atoms with E-state index in [9.17, 15) is 9.90 Å². The summed E-state index contributed by atoms with van der Waals surface area (Å²) >= 11 is 0. The van der Waals surface area contributed by atoms with Crippen LogP contribution in [0.15, 0.2) is 24.3 Å². The van der Waals surface area contributed by atoms with Gasteiger partial charge in [-0.1, -0.05) is 12.1 Å². The number of hydrogen-bond donors (Lipinski definition) is 2. The maximum Gasteiger partial charge on any atom is 0.335 e. The number of hydrogen-bond acceptors (Lipinski definition) is 3. The third-order valence-corrected chi connectivity index (χ3v) is 3.25. The molecule has 0 aliphatic heterocycles. The predicted molar refractivity (Wildman–Crippen MR) is 68.6 cm³/mol. The third kappa shape index (κ3) is 3.55. The highest BCUT2D eigenvalue weighted by atomic mass is 16.5. The lowest BCUT2D eigenvalue weighted by Crippen LogP contribution is -2.47. The SMILES string of the molecule is CC(C)(O)C(C)(C)OCc1cccc(C(=O)O)c1. The molecular formula is C14H20O4. The molecule has 1 aromatic carbocycles. The Hall–Kier alpha value is -1.39. The predicted octanol–water partition coefficient (Wildman–Crippen LogP) is 2.45. The van der Waals surface area contributed by atoms with Crippen molar-refractivity contribution in [3.63, 3.8) is 0 Å². The molecule has 18 heavy (non-hydrogen) atoms. The minimum Gasteiger partial charge on any atom is -0.478 e. The van der Waals surface area contributed by atoms with E-state index in [1.165, 1.54) is 6.07 Å². The number of benzene rings is 1. The van der Waals surface area contributed by atoms with Crippen molar-refractivity contribution in [3.8, 4) is 0 Å². The smallest absolute Gasteiger partial charge is 0.335 e. The van der Waals surface area contributed by atoms with E-state index in [-0.39, 0.29) is 12.2 Å². The Morgan fingerprint density at radius 2 is 1.89 bits per heavy atom. The maximum absolute atomic E-state index is 10.8. The van der Waals surface area contributed by atoms with Gasteiger partial charge in [0.1, 0.15) is 0 Å². The molecule has 0 bridgehead atoms. The van der Waals surface area contributed by atoms with E-state index in [0.29, 0.717) is 0 Å². The summed E-state index contributed by atoms with van der Waals surface area (Å²) in [6.07, 6.45) is 0. The van der Waals surface area contributed by atoms with E-state index < -0.39 is 17.2 Å². The van der Waals surface area contributed by atoms with Crippen molar-refractivity contribution >= 4 is 5.97 Å². The standard InChI is InChI=1S/C14H20O4/c1-13(2,17)14(3,4)18-9-10-6-5-7-11(8-10)12(15)16/h5-8,17H,9H2,1-4H3,(H,15,16). The first-order chi connectivity index (χ1) is 8.13. The molecular weight excluding hydrogens is 232 g/mol. The fourth-order valence-electron chi connectivity index (χ4n) is 1.23. The molecule has 0 spiro atoms. The number of carboxylic acid groups (broad SMARTS) is 1. The molecule has 0 radical (unpaired) electrons. The number of carboxylic acids is 1. The van der Waals surface area contributed by atoms with Crippen LogP contribution in [0, 0.1) is 0 Å². The lowest BCUT2D eigenvalue weighted by molar-refractivity contribution is -0.153. The van der Waals surface area contributed by atoms with Crippen LogP contribution in [-0.4, -0.2) is 27.4 Å². The Balaban J connectivity index is 2.75. The molecule has 1 rings (SSSR count). The number of aliphatic hydroxyl groups is 1. The second kappa shape index (κ2) is 5.08. The van der Waals surface area contributed by atoms with Crippen LogP contribution in [0.5, 0.6) is 0 Å². The second-order valence-corrected chi connectivity index (χ2v) is 5.36. The third-order valence-electron chi connectivity index (χ3n) is 3.25. The molecule has 4 heteroatoms. The van der Waals surface area contributed by atoms with Crippen molar-refractivity contribution in [2.75, 3.05) is 0 Å². The molecule has 0 aliphatic carbocycles. The molecule has 0 saturated heterocycles. The van der Waals surface area contributed by atoms with E-state index in [0.717, 1.165) is 5.56 Å². The van der Waals surface area contributed by atoms with E-state index >= 15 is 0 Å². The number of carbonyl (C=O) groups is 1. The van der Waals surface area contributed by atoms with Gasteiger partial charge in [-0.15, -0.1) is 0 Å². The molecule has 0 saturated carbocycles. The molecule has 0 amide bonds. The minimum atomic E-state index is -0.975. The van der Waals surface area contributed by atoms with Crippen LogP contribution in [0.25, 0.3) is 0 Å². The summed E-state index contributed by atoms with van der Waals surface area (Å²) in [5.74, 6) is -0.960. The summed E-state index contributed by atoms with van der Waals surface area (Å²) < 4.78 is 5.67. The van der Waals surface area contributed by atoms with Gasteiger partial charge < -0.3 is 14.9 Å². The molecule has 2 N–H and O–H groups in total. The van der Waals surface area contributed by atoms with Gasteiger partial charge in [-0.05, 0) is 45.4 Å². The van der Waals surface area contributed by atoms with Crippen molar-refractivity contribution < 1.29 is 19.7 Å². The van der Waals surface area contributed by atoms with Crippen LogP contribution in [0.3, 0.4) is 0 Å². The average molecular weight is 252 g/mol. The Bertz CT molecular complexity index is 430. The molecule has 0 heterocycles. The Kier molecular flexibility index (Phi) is 4.14. The van der Waals surface area contributed by atoms with Crippen molar-refractivity contribution in [1.29, 1.82) is 0 Å². The number of rotatable bonds is 5. The molecule has 0 atom stereocenters. The summed E-state index contributed by atoms with van der Waals surface area (Å²) in [7, 11) is 0. The Morgan fingerprint density at radius 1 is 1.28 bits per heavy atom. The van der Waals surface area contributed by atoms with Gasteiger partial charge in [0.15, 0.2) is 0 Å². The second-order valence-electron chi connectivity index (χ2n) is 5.36. The number of aromatic carboxylic acids is 1. The number of ether oxygens (including phenoxy) is 1. The van der Waals surface area contributed by atoms with E-state index in [4.69, 9.17) is 9.84 Å². The first-order valence-electron chi connectivity index (χ1n) is 5.82. The zero-order valence-electron chi connectivity index (χ0n) is 11.2. The molecule has 1 aromatic rings. The van der Waals surface area contributed by atoms with Crippen LogP contribution in [0.1, 0.15) is 43.6 Å². The Labute approximate surface area is 107 Å². The molecule has 100 valence electrons. The quantitative estimate of drug-likeness (QED) is 0.844. The van der Waals surface area contributed by atoms with E-state index in [1.54, 1.807) is 45.9 Å². The van der Waals surface area contributed by atoms with Crippen molar-refractivity contribution in [1.82, 2.24) is 0 Å². The molecule has 0 unspecified atom stereocenters. The first kappa shape index (κ1) is 14.7. The summed E-state index contributed by atoms with van der Waals surface area (Å²) in [5.41, 5.74) is -0.687. The van der Waals surface area contributed by atoms with Crippen LogP contribution in [0.4, 0.5) is 0 Å². The van der Waals surface area contributed by atoms with Gasteiger partial charge in [-0.3, -0.25) is 0 Å². The Morgan fingerprint density at radius 3 is 2.39 bits per heavy atom. The van der Waals surface area contributed by atoms with Crippen LogP contribution < -0.4 is 0 Å². The van der Waals surface area contributed by atoms with E-state index in [1.807, 2.05) is 0 Å². The minimum absolute atomic E-state index is 0.233. The fourth-order valence-corrected chi connectivity index (χ4v) is 1.23. The normalized spacial score (nSPS) is 12.5. The lowest BCUT2D eigenvalue weighted by Gasteiger charge is -2.37. The zero-order valence-corrected chi connectivity index (χ0v) is 11.2. The van der Waals surface area contributed by atoms with Gasteiger partial charge in [0.05, 0.1) is 23.4 Å². The van der Waals surface area contributed by atoms with Crippen LogP contribution >= 0.6 is 0 Å². The fraction of sp³-hybridized carbons (Fsp3) is 0.500. The van der Waals surface area contributed by atoms with Crippen molar-refractivity contribution in [2.45, 2.75) is 45.5 Å². The maximum atomic E-state index is 10.8. The highest BCUT2D eigenvalue weighted by Gasteiger charge is 2.35.